The molecule has 1 aromatic rings. The van der Waals surface area contributed by atoms with Gasteiger partial charge in [0.1, 0.15) is 0 Å². The van der Waals surface area contributed by atoms with Gasteiger partial charge in [0.15, 0.2) is 6.29 Å². The molecule has 6 N–H and O–H groups in total. The standard InChI is InChI=1S/C13H13N3O4S/c14-4-3-8(6-15)10-5-9(11(7-17)21-10)16-12(18)1-2-13(19)20/h1-7H,14-15H2,(H,16,18)(H,19,20)/b2-1-,4-3-,8-6?. The number of rotatable bonds is 6. The van der Waals surface area contributed by atoms with Crippen molar-refractivity contribution >= 4 is 40.8 Å². The maximum absolute atomic E-state index is 11.5. The Bertz CT molecular complexity index is 644. The number of allylic oxidation sites excluding steroid dienone is 2. The van der Waals surface area contributed by atoms with Gasteiger partial charge >= 0.3 is 5.97 Å². The zero-order valence-corrected chi connectivity index (χ0v) is 11.6. The Kier molecular flexibility index (Phi) is 5.90. The number of carbonyl (C=O) groups is 3. The lowest BCUT2D eigenvalue weighted by Gasteiger charge is -1.98. The molecule has 1 aromatic heterocycles. The van der Waals surface area contributed by atoms with Crippen molar-refractivity contribution in [2.24, 2.45) is 11.5 Å². The van der Waals surface area contributed by atoms with Gasteiger partial charge in [-0.3, -0.25) is 9.59 Å². The SMILES string of the molecule is NC=C(/C=C\N)c1cc(NC(=O)/C=C\C(=O)O)c(C=O)s1. The Morgan fingerprint density at radius 1 is 1.24 bits per heavy atom. The first-order valence-corrected chi connectivity index (χ1v) is 6.45. The third-order valence-electron chi connectivity index (χ3n) is 2.24. The molecule has 0 fully saturated rings. The lowest BCUT2D eigenvalue weighted by molar-refractivity contribution is -0.131. The number of hydrogen-bond donors (Lipinski definition) is 4. The van der Waals surface area contributed by atoms with Gasteiger partial charge < -0.3 is 21.9 Å². The molecule has 21 heavy (non-hydrogen) atoms. The Morgan fingerprint density at radius 2 is 1.95 bits per heavy atom. The number of aliphatic carboxylic acids is 1. The summed E-state index contributed by atoms with van der Waals surface area (Å²) in [5.74, 6) is -1.90. The van der Waals surface area contributed by atoms with Gasteiger partial charge in [0.2, 0.25) is 5.91 Å². The van der Waals surface area contributed by atoms with E-state index in [1.807, 2.05) is 0 Å². The van der Waals surface area contributed by atoms with Crippen LogP contribution in [0.15, 0.2) is 36.7 Å². The summed E-state index contributed by atoms with van der Waals surface area (Å²) in [5, 5.41) is 10.9. The van der Waals surface area contributed by atoms with E-state index >= 15 is 0 Å². The molecule has 7 nitrogen and oxygen atoms in total. The number of carbonyl (C=O) groups excluding carboxylic acids is 2. The van der Waals surface area contributed by atoms with E-state index in [1.165, 1.54) is 12.4 Å². The number of carboxylic acids is 1. The van der Waals surface area contributed by atoms with E-state index in [0.717, 1.165) is 17.4 Å². The van der Waals surface area contributed by atoms with Gasteiger partial charge in [0, 0.05) is 28.8 Å². The Balaban J connectivity index is 3.03. The van der Waals surface area contributed by atoms with Crippen molar-refractivity contribution in [2.75, 3.05) is 5.32 Å². The second-order valence-corrected chi connectivity index (χ2v) is 4.73. The second-order valence-electron chi connectivity index (χ2n) is 3.65. The van der Waals surface area contributed by atoms with Crippen LogP contribution in [0.4, 0.5) is 5.69 Å². The largest absolute Gasteiger partial charge is 0.478 e. The van der Waals surface area contributed by atoms with Crippen LogP contribution >= 0.6 is 11.3 Å². The fourth-order valence-electron chi connectivity index (χ4n) is 1.38. The first-order chi connectivity index (χ1) is 10.0. The van der Waals surface area contributed by atoms with Crippen LogP contribution in [-0.4, -0.2) is 23.3 Å². The molecule has 1 heterocycles. The zero-order chi connectivity index (χ0) is 15.8. The molecule has 0 radical (unpaired) electrons. The number of thiophene rings is 1. The van der Waals surface area contributed by atoms with Crippen LogP contribution < -0.4 is 16.8 Å². The molecule has 0 aliphatic heterocycles. The van der Waals surface area contributed by atoms with E-state index in [0.29, 0.717) is 22.8 Å². The number of nitrogens with two attached hydrogens (primary N) is 2. The fourth-order valence-corrected chi connectivity index (χ4v) is 2.31. The molecule has 0 saturated heterocycles. The highest BCUT2D eigenvalue weighted by atomic mass is 32.1. The van der Waals surface area contributed by atoms with E-state index in [-0.39, 0.29) is 10.6 Å². The zero-order valence-electron chi connectivity index (χ0n) is 10.8. The minimum Gasteiger partial charge on any atom is -0.478 e. The number of nitrogens with one attached hydrogen (secondary N) is 1. The number of aldehydes is 1. The van der Waals surface area contributed by atoms with Crippen molar-refractivity contribution in [1.82, 2.24) is 0 Å². The Labute approximate surface area is 124 Å². The molecule has 0 bridgehead atoms. The number of amides is 1. The summed E-state index contributed by atoms with van der Waals surface area (Å²) in [6, 6.07) is 1.56. The molecule has 8 heteroatoms. The van der Waals surface area contributed by atoms with Gasteiger partial charge in [-0.05, 0) is 18.3 Å². The molecular formula is C13H13N3O4S. The molecule has 110 valence electrons. The van der Waals surface area contributed by atoms with Crippen LogP contribution in [0.2, 0.25) is 0 Å². The summed E-state index contributed by atoms with van der Waals surface area (Å²) in [6.45, 7) is 0. The summed E-state index contributed by atoms with van der Waals surface area (Å²) in [7, 11) is 0. The lowest BCUT2D eigenvalue weighted by atomic mass is 10.2. The van der Waals surface area contributed by atoms with Crippen molar-refractivity contribution in [1.29, 1.82) is 0 Å². The molecular weight excluding hydrogens is 294 g/mol. The van der Waals surface area contributed by atoms with Gasteiger partial charge in [-0.15, -0.1) is 11.3 Å². The maximum Gasteiger partial charge on any atom is 0.328 e. The van der Waals surface area contributed by atoms with Crippen LogP contribution in [0.1, 0.15) is 14.5 Å². The Morgan fingerprint density at radius 3 is 2.48 bits per heavy atom. The minimum atomic E-state index is -1.24. The van der Waals surface area contributed by atoms with Crippen LogP contribution in [0, 0.1) is 0 Å². The van der Waals surface area contributed by atoms with Gasteiger partial charge in [-0.25, -0.2) is 4.79 Å². The van der Waals surface area contributed by atoms with Crippen molar-refractivity contribution in [3.05, 3.63) is 46.4 Å². The summed E-state index contributed by atoms with van der Waals surface area (Å²) in [4.78, 5) is 33.8. The molecule has 0 aliphatic carbocycles. The minimum absolute atomic E-state index is 0.273. The molecule has 0 unspecified atom stereocenters. The first-order valence-electron chi connectivity index (χ1n) is 5.63. The fraction of sp³-hybridized carbons (Fsp3) is 0. The second kappa shape index (κ2) is 7.65. The number of hydrogen-bond acceptors (Lipinski definition) is 6. The normalized spacial score (nSPS) is 11.9. The molecule has 0 saturated carbocycles. The molecule has 0 aliphatic rings. The van der Waals surface area contributed by atoms with E-state index < -0.39 is 11.9 Å². The van der Waals surface area contributed by atoms with Crippen LogP contribution in [0.5, 0.6) is 0 Å². The molecule has 1 amide bonds. The van der Waals surface area contributed by atoms with Gasteiger partial charge in [-0.1, -0.05) is 0 Å². The topological polar surface area (TPSA) is 136 Å². The highest BCUT2D eigenvalue weighted by Crippen LogP contribution is 2.31. The molecule has 1 rings (SSSR count). The monoisotopic (exact) mass is 307 g/mol. The highest BCUT2D eigenvalue weighted by Gasteiger charge is 2.12. The summed E-state index contributed by atoms with van der Waals surface area (Å²) < 4.78 is 0. The van der Waals surface area contributed by atoms with Crippen molar-refractivity contribution in [3.63, 3.8) is 0 Å². The summed E-state index contributed by atoms with van der Waals surface area (Å²) >= 11 is 1.12. The van der Waals surface area contributed by atoms with Gasteiger partial charge in [-0.2, -0.15) is 0 Å². The average Bonchev–Trinajstić information content (AvgIpc) is 2.85. The van der Waals surface area contributed by atoms with Gasteiger partial charge in [0.05, 0.1) is 10.6 Å². The van der Waals surface area contributed by atoms with E-state index in [1.54, 1.807) is 12.1 Å². The third kappa shape index (κ3) is 4.62. The summed E-state index contributed by atoms with van der Waals surface area (Å²) in [6.07, 6.45) is 6.31. The van der Waals surface area contributed by atoms with Gasteiger partial charge in [0.25, 0.3) is 0 Å². The predicted molar refractivity (Wildman–Crippen MR) is 80.6 cm³/mol. The van der Waals surface area contributed by atoms with E-state index in [9.17, 15) is 14.4 Å². The van der Waals surface area contributed by atoms with Crippen molar-refractivity contribution in [3.8, 4) is 0 Å². The lowest BCUT2D eigenvalue weighted by Crippen LogP contribution is -2.09. The van der Waals surface area contributed by atoms with Crippen LogP contribution in [-0.2, 0) is 9.59 Å². The highest BCUT2D eigenvalue weighted by molar-refractivity contribution is 7.15. The molecule has 0 aromatic carbocycles. The first kappa shape index (κ1) is 16.2. The van der Waals surface area contributed by atoms with Crippen molar-refractivity contribution < 1.29 is 19.5 Å². The quantitative estimate of drug-likeness (QED) is 0.350. The van der Waals surface area contributed by atoms with Crippen LogP contribution in [0.25, 0.3) is 5.57 Å². The Hall–Kier alpha value is -2.87. The summed E-state index contributed by atoms with van der Waals surface area (Å²) in [5.41, 5.74) is 11.6. The maximum atomic E-state index is 11.5. The van der Waals surface area contributed by atoms with Crippen LogP contribution in [0.3, 0.4) is 0 Å². The van der Waals surface area contributed by atoms with Crippen molar-refractivity contribution in [2.45, 2.75) is 0 Å². The van der Waals surface area contributed by atoms with E-state index in [4.69, 9.17) is 16.6 Å². The molecule has 0 atom stereocenters. The van der Waals surface area contributed by atoms with E-state index in [2.05, 4.69) is 5.32 Å². The average molecular weight is 307 g/mol. The smallest absolute Gasteiger partial charge is 0.328 e. The number of anilines is 1. The third-order valence-corrected chi connectivity index (χ3v) is 3.35. The molecule has 0 spiro atoms. The number of carboxylic acid groups (broad SMARTS) is 1. The predicted octanol–water partition coefficient (Wildman–Crippen LogP) is 0.912.